The molecule has 0 spiro atoms. The van der Waals surface area contributed by atoms with E-state index >= 15 is 0 Å². The maximum Gasteiger partial charge on any atom is 0.251 e. The Morgan fingerprint density at radius 2 is 2.10 bits per heavy atom. The molecule has 20 heavy (non-hydrogen) atoms. The Bertz CT molecular complexity index is 481. The van der Waals surface area contributed by atoms with E-state index in [4.69, 9.17) is 14.6 Å². The average Bonchev–Trinajstić information content (AvgIpc) is 2.85. The summed E-state index contributed by atoms with van der Waals surface area (Å²) in [6.45, 7) is -0.863. The van der Waals surface area contributed by atoms with Crippen LogP contribution < -0.4 is 9.47 Å². The molecule has 0 atom stereocenters. The smallest absolute Gasteiger partial charge is 0.251 e. The van der Waals surface area contributed by atoms with Crippen molar-refractivity contribution in [3.05, 3.63) is 23.8 Å². The van der Waals surface area contributed by atoms with Crippen LogP contribution in [0, 0.1) is 0 Å². The van der Waals surface area contributed by atoms with Crippen LogP contribution in [0.1, 0.15) is 10.4 Å². The maximum absolute atomic E-state index is 12.4. The van der Waals surface area contributed by atoms with Crippen LogP contribution in [0.4, 0.5) is 8.78 Å². The first-order chi connectivity index (χ1) is 9.60. The van der Waals surface area contributed by atoms with Gasteiger partial charge in [0.2, 0.25) is 6.79 Å². The molecule has 7 heteroatoms. The van der Waals surface area contributed by atoms with Crippen LogP contribution in [0.2, 0.25) is 0 Å². The van der Waals surface area contributed by atoms with E-state index in [9.17, 15) is 13.6 Å². The molecular formula is C13H15F2NO4. The summed E-state index contributed by atoms with van der Waals surface area (Å²) in [6, 6.07) is 4.71. The van der Waals surface area contributed by atoms with Gasteiger partial charge in [0.15, 0.2) is 17.3 Å². The van der Waals surface area contributed by atoms with Crippen LogP contribution in [0.15, 0.2) is 18.2 Å². The first-order valence-electron chi connectivity index (χ1n) is 6.14. The molecular weight excluding hydrogens is 272 g/mol. The third kappa shape index (κ3) is 3.64. The second-order valence-corrected chi connectivity index (χ2v) is 4.34. The van der Waals surface area contributed by atoms with Gasteiger partial charge in [-0.05, 0) is 18.2 Å². The van der Waals surface area contributed by atoms with Gasteiger partial charge in [-0.25, -0.2) is 8.78 Å². The molecule has 0 saturated heterocycles. The predicted molar refractivity (Wildman–Crippen MR) is 66.4 cm³/mol. The van der Waals surface area contributed by atoms with Crippen molar-refractivity contribution >= 4 is 5.78 Å². The van der Waals surface area contributed by atoms with Crippen LogP contribution in [0.25, 0.3) is 0 Å². The molecule has 0 radical (unpaired) electrons. The molecule has 0 fully saturated rings. The minimum Gasteiger partial charge on any atom is -0.454 e. The van der Waals surface area contributed by atoms with Crippen LogP contribution in [-0.4, -0.2) is 55.2 Å². The van der Waals surface area contributed by atoms with Gasteiger partial charge in [0.1, 0.15) is 0 Å². The number of carbonyl (C=O) groups is 1. The summed E-state index contributed by atoms with van der Waals surface area (Å²) < 4.78 is 35.0. The minimum absolute atomic E-state index is 0.0284. The van der Waals surface area contributed by atoms with Crippen molar-refractivity contribution in [1.82, 2.24) is 4.90 Å². The molecule has 0 bridgehead atoms. The van der Waals surface area contributed by atoms with Crippen molar-refractivity contribution in [3.63, 3.8) is 0 Å². The van der Waals surface area contributed by atoms with Crippen molar-refractivity contribution < 1.29 is 28.2 Å². The lowest BCUT2D eigenvalue weighted by Gasteiger charge is -2.19. The molecule has 1 heterocycles. The van der Waals surface area contributed by atoms with E-state index in [-0.39, 0.29) is 32.3 Å². The normalized spacial score (nSPS) is 13.2. The fourth-order valence-electron chi connectivity index (χ4n) is 1.94. The first kappa shape index (κ1) is 14.7. The molecule has 0 unspecified atom stereocenters. The van der Waals surface area contributed by atoms with Crippen LogP contribution in [0.5, 0.6) is 11.5 Å². The highest BCUT2D eigenvalue weighted by Crippen LogP contribution is 2.32. The lowest BCUT2D eigenvalue weighted by molar-refractivity contribution is 0.0689. The van der Waals surface area contributed by atoms with Gasteiger partial charge in [0.25, 0.3) is 6.43 Å². The number of nitrogens with zero attached hydrogens (tertiary/aromatic N) is 1. The zero-order valence-electron chi connectivity index (χ0n) is 10.7. The molecule has 0 aromatic heterocycles. The quantitative estimate of drug-likeness (QED) is 0.763. The second-order valence-electron chi connectivity index (χ2n) is 4.34. The van der Waals surface area contributed by atoms with Gasteiger partial charge in [-0.2, -0.15) is 0 Å². The number of rotatable bonds is 7. The zero-order chi connectivity index (χ0) is 14.5. The van der Waals surface area contributed by atoms with Crippen molar-refractivity contribution in [2.75, 3.05) is 33.0 Å². The number of fused-ring (bicyclic) bond motifs is 1. The highest BCUT2D eigenvalue weighted by Gasteiger charge is 2.19. The summed E-state index contributed by atoms with van der Waals surface area (Å²) in [5, 5.41) is 8.83. The molecule has 1 aliphatic heterocycles. The van der Waals surface area contributed by atoms with E-state index in [2.05, 4.69) is 0 Å². The Kier molecular flexibility index (Phi) is 4.86. The Balaban J connectivity index is 2.02. The van der Waals surface area contributed by atoms with E-state index in [0.717, 1.165) is 0 Å². The average molecular weight is 287 g/mol. The number of hydrogen-bond acceptors (Lipinski definition) is 5. The van der Waals surface area contributed by atoms with Gasteiger partial charge >= 0.3 is 0 Å². The SMILES string of the molecule is O=C(CN(CCO)CC(F)F)c1ccc2c(c1)OCO2. The van der Waals surface area contributed by atoms with E-state index in [1.807, 2.05) is 0 Å². The molecule has 0 saturated carbocycles. The van der Waals surface area contributed by atoms with Gasteiger partial charge in [0.05, 0.1) is 19.7 Å². The largest absolute Gasteiger partial charge is 0.454 e. The molecule has 1 aliphatic rings. The standard InChI is InChI=1S/C13H15F2NO4/c14-13(15)7-16(3-4-17)6-10(18)9-1-2-11-12(5-9)20-8-19-11/h1-2,5,13,17H,3-4,6-8H2. The van der Waals surface area contributed by atoms with Gasteiger partial charge in [-0.3, -0.25) is 9.69 Å². The van der Waals surface area contributed by atoms with Crippen molar-refractivity contribution in [2.24, 2.45) is 0 Å². The number of hydrogen-bond donors (Lipinski definition) is 1. The molecule has 1 aromatic carbocycles. The molecule has 2 rings (SSSR count). The van der Waals surface area contributed by atoms with E-state index in [0.29, 0.717) is 17.1 Å². The minimum atomic E-state index is -2.55. The highest BCUT2D eigenvalue weighted by molar-refractivity contribution is 5.98. The molecule has 1 aromatic rings. The topological polar surface area (TPSA) is 59.0 Å². The molecule has 110 valence electrons. The summed E-state index contributed by atoms with van der Waals surface area (Å²) in [4.78, 5) is 13.3. The van der Waals surface area contributed by atoms with Crippen LogP contribution in [0.3, 0.4) is 0 Å². The monoisotopic (exact) mass is 287 g/mol. The summed E-state index contributed by atoms with van der Waals surface area (Å²) in [5.74, 6) is 0.720. The Morgan fingerprint density at radius 1 is 1.35 bits per heavy atom. The van der Waals surface area contributed by atoms with E-state index in [1.54, 1.807) is 12.1 Å². The first-order valence-corrected chi connectivity index (χ1v) is 6.14. The summed E-state index contributed by atoms with van der Waals surface area (Å²) in [6.07, 6.45) is -2.55. The van der Waals surface area contributed by atoms with E-state index in [1.165, 1.54) is 11.0 Å². The summed E-state index contributed by atoms with van der Waals surface area (Å²) in [5.41, 5.74) is 0.367. The number of benzene rings is 1. The number of aliphatic hydroxyl groups excluding tert-OH is 1. The summed E-state index contributed by atoms with van der Waals surface area (Å²) >= 11 is 0. The highest BCUT2D eigenvalue weighted by atomic mass is 19.3. The predicted octanol–water partition coefficient (Wildman–Crippen LogP) is 1.16. The Hall–Kier alpha value is -1.73. The lowest BCUT2D eigenvalue weighted by Crippen LogP contribution is -2.36. The second kappa shape index (κ2) is 6.62. The third-order valence-corrected chi connectivity index (χ3v) is 2.87. The number of ketones is 1. The Morgan fingerprint density at radius 3 is 2.80 bits per heavy atom. The summed E-state index contributed by atoms with van der Waals surface area (Å²) in [7, 11) is 0. The van der Waals surface area contributed by atoms with Crippen molar-refractivity contribution in [1.29, 1.82) is 0 Å². The zero-order valence-corrected chi connectivity index (χ0v) is 10.7. The fraction of sp³-hybridized carbons (Fsp3) is 0.462. The number of halogens is 2. The molecule has 5 nitrogen and oxygen atoms in total. The number of aliphatic hydroxyl groups is 1. The number of ether oxygens (including phenoxy) is 2. The molecule has 0 aliphatic carbocycles. The fourth-order valence-corrected chi connectivity index (χ4v) is 1.94. The Labute approximate surface area is 114 Å². The van der Waals surface area contributed by atoms with Gasteiger partial charge in [-0.15, -0.1) is 0 Å². The number of carbonyl (C=O) groups excluding carboxylic acids is 1. The van der Waals surface area contributed by atoms with E-state index < -0.39 is 13.0 Å². The van der Waals surface area contributed by atoms with Gasteiger partial charge in [-0.1, -0.05) is 0 Å². The van der Waals surface area contributed by atoms with Crippen molar-refractivity contribution in [3.8, 4) is 11.5 Å². The lowest BCUT2D eigenvalue weighted by atomic mass is 10.1. The van der Waals surface area contributed by atoms with Crippen molar-refractivity contribution in [2.45, 2.75) is 6.43 Å². The van der Waals surface area contributed by atoms with Gasteiger partial charge in [0, 0.05) is 12.1 Å². The maximum atomic E-state index is 12.4. The molecule has 0 amide bonds. The van der Waals surface area contributed by atoms with Crippen LogP contribution >= 0.6 is 0 Å². The molecule has 1 N–H and O–H groups in total. The van der Waals surface area contributed by atoms with Gasteiger partial charge < -0.3 is 14.6 Å². The number of Topliss-reactive ketones (excluding diaryl/α,β-unsaturated/α-hetero) is 1. The van der Waals surface area contributed by atoms with Crippen LogP contribution in [-0.2, 0) is 0 Å². The number of alkyl halides is 2. The third-order valence-electron chi connectivity index (χ3n) is 2.87.